The van der Waals surface area contributed by atoms with Gasteiger partial charge in [0.1, 0.15) is 4.60 Å². The van der Waals surface area contributed by atoms with Crippen LogP contribution in [0.25, 0.3) is 0 Å². The summed E-state index contributed by atoms with van der Waals surface area (Å²) in [5, 5.41) is 0. The van der Waals surface area contributed by atoms with Gasteiger partial charge in [-0.15, -0.1) is 0 Å². The maximum atomic E-state index is 12.3. The molecule has 17 heavy (non-hydrogen) atoms. The summed E-state index contributed by atoms with van der Waals surface area (Å²) in [4.78, 5) is 18.3. The van der Waals surface area contributed by atoms with Crippen LogP contribution in [0.15, 0.2) is 22.9 Å². The molecule has 1 fully saturated rings. The van der Waals surface area contributed by atoms with Gasteiger partial charge in [-0.25, -0.2) is 4.98 Å². The minimum absolute atomic E-state index is 0.0216. The lowest BCUT2D eigenvalue weighted by Gasteiger charge is -2.38. The highest BCUT2D eigenvalue weighted by atomic mass is 79.9. The minimum Gasteiger partial charge on any atom is -0.377 e. The molecule has 2 atom stereocenters. The third kappa shape index (κ3) is 2.66. The van der Waals surface area contributed by atoms with Crippen LogP contribution in [-0.4, -0.2) is 41.1 Å². The molecule has 1 aromatic heterocycles. The first-order valence-electron chi connectivity index (χ1n) is 5.61. The predicted molar refractivity (Wildman–Crippen MR) is 67.8 cm³/mol. The molecule has 2 rings (SSSR count). The Balaban J connectivity index is 2.20. The highest BCUT2D eigenvalue weighted by Crippen LogP contribution is 2.17. The molecule has 5 heteroatoms. The number of halogens is 1. The van der Waals surface area contributed by atoms with Crippen LogP contribution in [-0.2, 0) is 4.74 Å². The van der Waals surface area contributed by atoms with Gasteiger partial charge in [-0.3, -0.25) is 4.79 Å². The van der Waals surface area contributed by atoms with Crippen molar-refractivity contribution in [2.45, 2.75) is 25.9 Å². The molecule has 0 bridgehead atoms. The number of amides is 1. The fraction of sp³-hybridized carbons (Fsp3) is 0.500. The van der Waals surface area contributed by atoms with E-state index >= 15 is 0 Å². The SMILES string of the molecule is CC1COCC(C)N1C(=O)c1ccc(Br)nc1. The molecular weight excluding hydrogens is 284 g/mol. The average Bonchev–Trinajstić information content (AvgIpc) is 2.29. The largest absolute Gasteiger partial charge is 0.377 e. The molecule has 0 saturated carbocycles. The average molecular weight is 299 g/mol. The normalized spacial score (nSPS) is 24.8. The van der Waals surface area contributed by atoms with Crippen LogP contribution in [0.4, 0.5) is 0 Å². The molecule has 0 spiro atoms. The highest BCUT2D eigenvalue weighted by molar-refractivity contribution is 9.10. The summed E-state index contributed by atoms with van der Waals surface area (Å²) in [6.45, 7) is 5.19. The second-order valence-corrected chi connectivity index (χ2v) is 5.13. The quantitative estimate of drug-likeness (QED) is 0.746. The molecule has 1 aliphatic heterocycles. The van der Waals surface area contributed by atoms with Crippen LogP contribution < -0.4 is 0 Å². The summed E-state index contributed by atoms with van der Waals surface area (Å²) in [6.07, 6.45) is 1.60. The lowest BCUT2D eigenvalue weighted by Crippen LogP contribution is -2.52. The van der Waals surface area contributed by atoms with Crippen molar-refractivity contribution >= 4 is 21.8 Å². The zero-order valence-corrected chi connectivity index (χ0v) is 11.5. The van der Waals surface area contributed by atoms with E-state index in [1.807, 2.05) is 18.7 Å². The predicted octanol–water partition coefficient (Wildman–Crippen LogP) is 2.09. The van der Waals surface area contributed by atoms with Crippen molar-refractivity contribution in [3.8, 4) is 0 Å². The van der Waals surface area contributed by atoms with Crippen molar-refractivity contribution < 1.29 is 9.53 Å². The fourth-order valence-electron chi connectivity index (χ4n) is 2.06. The molecule has 92 valence electrons. The van der Waals surface area contributed by atoms with Crippen LogP contribution in [0.3, 0.4) is 0 Å². The number of ether oxygens (including phenoxy) is 1. The smallest absolute Gasteiger partial charge is 0.256 e. The van der Waals surface area contributed by atoms with E-state index in [1.54, 1.807) is 18.3 Å². The van der Waals surface area contributed by atoms with Gasteiger partial charge in [0, 0.05) is 6.20 Å². The molecule has 1 saturated heterocycles. The molecule has 1 aromatic rings. The standard InChI is InChI=1S/C12H15BrN2O2/c1-8-6-17-7-9(2)15(8)12(16)10-3-4-11(13)14-5-10/h3-5,8-9H,6-7H2,1-2H3. The maximum absolute atomic E-state index is 12.3. The first-order valence-corrected chi connectivity index (χ1v) is 6.41. The topological polar surface area (TPSA) is 42.4 Å². The molecule has 2 heterocycles. The lowest BCUT2D eigenvalue weighted by molar-refractivity contribution is -0.0249. The van der Waals surface area contributed by atoms with Crippen LogP contribution >= 0.6 is 15.9 Å². The third-order valence-electron chi connectivity index (χ3n) is 2.88. The van der Waals surface area contributed by atoms with E-state index in [4.69, 9.17) is 4.74 Å². The van der Waals surface area contributed by atoms with Crippen molar-refractivity contribution in [3.05, 3.63) is 28.5 Å². The van der Waals surface area contributed by atoms with Gasteiger partial charge in [-0.05, 0) is 41.9 Å². The van der Waals surface area contributed by atoms with E-state index in [2.05, 4.69) is 20.9 Å². The fourth-order valence-corrected chi connectivity index (χ4v) is 2.29. The first-order chi connectivity index (χ1) is 8.09. The zero-order chi connectivity index (χ0) is 12.4. The van der Waals surface area contributed by atoms with Gasteiger partial charge < -0.3 is 9.64 Å². The Morgan fingerprint density at radius 2 is 2.06 bits per heavy atom. The Morgan fingerprint density at radius 1 is 1.41 bits per heavy atom. The summed E-state index contributed by atoms with van der Waals surface area (Å²) in [7, 11) is 0. The van der Waals surface area contributed by atoms with Gasteiger partial charge in [0.2, 0.25) is 0 Å². The van der Waals surface area contributed by atoms with Gasteiger partial charge in [-0.2, -0.15) is 0 Å². The molecule has 0 aromatic carbocycles. The monoisotopic (exact) mass is 298 g/mol. The molecule has 2 unspecified atom stereocenters. The van der Waals surface area contributed by atoms with Crippen LogP contribution in [0.2, 0.25) is 0 Å². The number of aromatic nitrogens is 1. The van der Waals surface area contributed by atoms with Crippen LogP contribution in [0.1, 0.15) is 24.2 Å². The summed E-state index contributed by atoms with van der Waals surface area (Å²) in [6, 6.07) is 3.78. The molecular formula is C12H15BrN2O2. The van der Waals surface area contributed by atoms with Gasteiger partial charge in [0.15, 0.2) is 0 Å². The second-order valence-electron chi connectivity index (χ2n) is 4.32. The zero-order valence-electron chi connectivity index (χ0n) is 9.89. The summed E-state index contributed by atoms with van der Waals surface area (Å²) >= 11 is 3.26. The van der Waals surface area contributed by atoms with Crippen molar-refractivity contribution in [1.82, 2.24) is 9.88 Å². The molecule has 1 amide bonds. The Labute approximate surface area is 109 Å². The van der Waals surface area contributed by atoms with Crippen molar-refractivity contribution in [2.75, 3.05) is 13.2 Å². The van der Waals surface area contributed by atoms with Crippen LogP contribution in [0, 0.1) is 0 Å². The molecule has 1 aliphatic rings. The summed E-state index contributed by atoms with van der Waals surface area (Å²) in [5.74, 6) is 0.0216. The second kappa shape index (κ2) is 5.14. The van der Waals surface area contributed by atoms with E-state index in [-0.39, 0.29) is 18.0 Å². The number of nitrogens with zero attached hydrogens (tertiary/aromatic N) is 2. The van der Waals surface area contributed by atoms with E-state index in [9.17, 15) is 4.79 Å². The molecule has 0 N–H and O–H groups in total. The van der Waals surface area contributed by atoms with Gasteiger partial charge in [0.25, 0.3) is 5.91 Å². The van der Waals surface area contributed by atoms with Gasteiger partial charge >= 0.3 is 0 Å². The summed E-state index contributed by atoms with van der Waals surface area (Å²) in [5.41, 5.74) is 0.619. The van der Waals surface area contributed by atoms with Gasteiger partial charge in [-0.1, -0.05) is 0 Å². The lowest BCUT2D eigenvalue weighted by atomic mass is 10.1. The molecule has 0 aliphatic carbocycles. The highest BCUT2D eigenvalue weighted by Gasteiger charge is 2.30. The molecule has 4 nitrogen and oxygen atoms in total. The number of hydrogen-bond donors (Lipinski definition) is 0. The maximum Gasteiger partial charge on any atom is 0.256 e. The Hall–Kier alpha value is -0.940. The number of pyridine rings is 1. The Morgan fingerprint density at radius 3 is 2.59 bits per heavy atom. The first kappa shape index (κ1) is 12.5. The Kier molecular flexibility index (Phi) is 3.79. The van der Waals surface area contributed by atoms with Crippen LogP contribution in [0.5, 0.6) is 0 Å². The van der Waals surface area contributed by atoms with E-state index in [0.29, 0.717) is 18.8 Å². The minimum atomic E-state index is 0.0216. The molecule has 0 radical (unpaired) electrons. The number of carbonyl (C=O) groups excluding carboxylic acids is 1. The van der Waals surface area contributed by atoms with E-state index in [0.717, 1.165) is 4.60 Å². The third-order valence-corrected chi connectivity index (χ3v) is 3.35. The number of hydrogen-bond acceptors (Lipinski definition) is 3. The van der Waals surface area contributed by atoms with Crippen molar-refractivity contribution in [1.29, 1.82) is 0 Å². The Bertz CT molecular complexity index is 397. The van der Waals surface area contributed by atoms with E-state index < -0.39 is 0 Å². The van der Waals surface area contributed by atoms with Crippen molar-refractivity contribution in [2.24, 2.45) is 0 Å². The number of morpholine rings is 1. The van der Waals surface area contributed by atoms with Gasteiger partial charge in [0.05, 0.1) is 30.9 Å². The number of rotatable bonds is 1. The summed E-state index contributed by atoms with van der Waals surface area (Å²) < 4.78 is 6.15. The number of carbonyl (C=O) groups is 1. The van der Waals surface area contributed by atoms with E-state index in [1.165, 1.54) is 0 Å². The van der Waals surface area contributed by atoms with Crippen molar-refractivity contribution in [3.63, 3.8) is 0 Å².